The zero-order valence-corrected chi connectivity index (χ0v) is 8.42. The number of rotatable bonds is 1. The maximum Gasteiger partial charge on any atom is 0.239 e. The molecule has 2 unspecified atom stereocenters. The number of hydrogen-bond acceptors (Lipinski definition) is 2. The van der Waals surface area contributed by atoms with E-state index >= 15 is 0 Å². The van der Waals surface area contributed by atoms with Crippen LogP contribution in [0.2, 0.25) is 0 Å². The Morgan fingerprint density at radius 3 is 2.46 bits per heavy atom. The SMILES string of the molecule is CC1(C)CCC1N1CCC(N)C1=O. The predicted octanol–water partition coefficient (Wildman–Crippen LogP) is 0.735. The number of carbonyl (C=O) groups excluding carboxylic acids is 1. The largest absolute Gasteiger partial charge is 0.338 e. The Balaban J connectivity index is 2.06. The van der Waals surface area contributed by atoms with Gasteiger partial charge in [-0.25, -0.2) is 0 Å². The number of carbonyl (C=O) groups is 1. The van der Waals surface area contributed by atoms with Crippen LogP contribution in [-0.4, -0.2) is 29.4 Å². The van der Waals surface area contributed by atoms with Crippen molar-refractivity contribution in [3.05, 3.63) is 0 Å². The smallest absolute Gasteiger partial charge is 0.239 e. The van der Waals surface area contributed by atoms with Gasteiger partial charge in [0.2, 0.25) is 5.91 Å². The van der Waals surface area contributed by atoms with Gasteiger partial charge in [0.1, 0.15) is 0 Å². The third-order valence-corrected chi connectivity index (χ3v) is 3.62. The average molecular weight is 182 g/mol. The molecule has 0 aromatic heterocycles. The number of nitrogens with zero attached hydrogens (tertiary/aromatic N) is 1. The van der Waals surface area contributed by atoms with Gasteiger partial charge in [-0.2, -0.15) is 0 Å². The van der Waals surface area contributed by atoms with Crippen LogP contribution in [0.4, 0.5) is 0 Å². The van der Waals surface area contributed by atoms with Crippen molar-refractivity contribution in [3.8, 4) is 0 Å². The van der Waals surface area contributed by atoms with Crippen molar-refractivity contribution in [1.29, 1.82) is 0 Å². The first-order chi connectivity index (χ1) is 6.02. The molecule has 0 bridgehead atoms. The Bertz CT molecular complexity index is 237. The first-order valence-electron chi connectivity index (χ1n) is 5.08. The number of nitrogens with two attached hydrogens (primary N) is 1. The second-order valence-electron chi connectivity index (χ2n) is 4.97. The molecule has 1 amide bonds. The van der Waals surface area contributed by atoms with Crippen LogP contribution in [0.3, 0.4) is 0 Å². The quantitative estimate of drug-likeness (QED) is 0.650. The van der Waals surface area contributed by atoms with E-state index in [2.05, 4.69) is 13.8 Å². The van der Waals surface area contributed by atoms with E-state index in [4.69, 9.17) is 5.73 Å². The van der Waals surface area contributed by atoms with Crippen molar-refractivity contribution in [3.63, 3.8) is 0 Å². The summed E-state index contributed by atoms with van der Waals surface area (Å²) in [4.78, 5) is 13.6. The van der Waals surface area contributed by atoms with Gasteiger partial charge in [0, 0.05) is 12.6 Å². The second-order valence-corrected chi connectivity index (χ2v) is 4.97. The molecule has 1 aliphatic carbocycles. The fourth-order valence-electron chi connectivity index (χ4n) is 2.46. The highest BCUT2D eigenvalue weighted by Gasteiger charge is 2.46. The van der Waals surface area contributed by atoms with Crippen molar-refractivity contribution in [2.24, 2.45) is 11.1 Å². The minimum absolute atomic E-state index is 0.165. The molecule has 1 aliphatic heterocycles. The summed E-state index contributed by atoms with van der Waals surface area (Å²) in [5.41, 5.74) is 6.00. The van der Waals surface area contributed by atoms with Crippen LogP contribution in [0.15, 0.2) is 0 Å². The van der Waals surface area contributed by atoms with Crippen LogP contribution in [-0.2, 0) is 4.79 Å². The molecule has 2 fully saturated rings. The molecule has 0 radical (unpaired) electrons. The van der Waals surface area contributed by atoms with Gasteiger partial charge in [0.15, 0.2) is 0 Å². The fraction of sp³-hybridized carbons (Fsp3) is 0.900. The normalized spacial score (nSPS) is 37.8. The second kappa shape index (κ2) is 2.71. The molecule has 1 saturated carbocycles. The highest BCUT2D eigenvalue weighted by molar-refractivity contribution is 5.84. The van der Waals surface area contributed by atoms with Gasteiger partial charge < -0.3 is 10.6 Å². The lowest BCUT2D eigenvalue weighted by molar-refractivity contribution is -0.136. The summed E-state index contributed by atoms with van der Waals surface area (Å²) in [7, 11) is 0. The highest BCUT2D eigenvalue weighted by Crippen LogP contribution is 2.44. The molecular weight excluding hydrogens is 164 g/mol. The summed E-state index contributed by atoms with van der Waals surface area (Å²) in [5.74, 6) is 0.165. The lowest BCUT2D eigenvalue weighted by Crippen LogP contribution is -2.54. The molecule has 0 aromatic rings. The van der Waals surface area contributed by atoms with Crippen molar-refractivity contribution in [1.82, 2.24) is 4.90 Å². The molecule has 74 valence electrons. The van der Waals surface area contributed by atoms with Crippen LogP contribution in [0.1, 0.15) is 33.1 Å². The Hall–Kier alpha value is -0.570. The van der Waals surface area contributed by atoms with Crippen molar-refractivity contribution >= 4 is 5.91 Å². The summed E-state index contributed by atoms with van der Waals surface area (Å²) in [6.45, 7) is 5.34. The summed E-state index contributed by atoms with van der Waals surface area (Å²) in [6.07, 6.45) is 3.23. The lowest BCUT2D eigenvalue weighted by atomic mass is 9.66. The van der Waals surface area contributed by atoms with E-state index in [-0.39, 0.29) is 11.9 Å². The summed E-state index contributed by atoms with van der Waals surface area (Å²) < 4.78 is 0. The van der Waals surface area contributed by atoms with Crippen molar-refractivity contribution < 1.29 is 4.79 Å². The summed E-state index contributed by atoms with van der Waals surface area (Å²) >= 11 is 0. The minimum Gasteiger partial charge on any atom is -0.338 e. The predicted molar refractivity (Wildman–Crippen MR) is 51.1 cm³/mol. The fourth-order valence-corrected chi connectivity index (χ4v) is 2.46. The molecule has 1 heterocycles. The molecule has 2 atom stereocenters. The molecule has 2 N–H and O–H groups in total. The van der Waals surface area contributed by atoms with Gasteiger partial charge in [-0.15, -0.1) is 0 Å². The van der Waals surface area contributed by atoms with E-state index in [0.29, 0.717) is 11.5 Å². The van der Waals surface area contributed by atoms with Crippen molar-refractivity contribution in [2.45, 2.75) is 45.2 Å². The number of amides is 1. The first-order valence-corrected chi connectivity index (χ1v) is 5.08. The Morgan fingerprint density at radius 1 is 1.46 bits per heavy atom. The van der Waals surface area contributed by atoms with Crippen LogP contribution in [0.25, 0.3) is 0 Å². The molecule has 0 spiro atoms. The Kier molecular flexibility index (Phi) is 1.88. The monoisotopic (exact) mass is 182 g/mol. The molecule has 3 nitrogen and oxygen atoms in total. The van der Waals surface area contributed by atoms with Gasteiger partial charge in [-0.1, -0.05) is 13.8 Å². The van der Waals surface area contributed by atoms with Gasteiger partial charge >= 0.3 is 0 Å². The van der Waals surface area contributed by atoms with Crippen LogP contribution >= 0.6 is 0 Å². The number of hydrogen-bond donors (Lipinski definition) is 1. The third-order valence-electron chi connectivity index (χ3n) is 3.62. The summed E-state index contributed by atoms with van der Waals surface area (Å²) in [6, 6.07) is 0.227. The van der Waals surface area contributed by atoms with E-state index in [1.165, 1.54) is 6.42 Å². The van der Waals surface area contributed by atoms with Gasteiger partial charge in [-0.3, -0.25) is 4.79 Å². The number of likely N-dealkylation sites (tertiary alicyclic amines) is 1. The van der Waals surface area contributed by atoms with Gasteiger partial charge in [0.25, 0.3) is 0 Å². The first kappa shape index (κ1) is 9.00. The molecule has 1 saturated heterocycles. The van der Waals surface area contributed by atoms with E-state index in [1.54, 1.807) is 0 Å². The van der Waals surface area contributed by atoms with Crippen LogP contribution in [0.5, 0.6) is 0 Å². The van der Waals surface area contributed by atoms with E-state index in [1.807, 2.05) is 4.90 Å². The average Bonchev–Trinajstić information content (AvgIpc) is 2.35. The molecule has 0 aromatic carbocycles. The third kappa shape index (κ3) is 1.26. The Labute approximate surface area is 79.3 Å². The lowest BCUT2D eigenvalue weighted by Gasteiger charge is -2.49. The van der Waals surface area contributed by atoms with E-state index < -0.39 is 0 Å². The summed E-state index contributed by atoms with van der Waals surface area (Å²) in [5, 5.41) is 0. The molecule has 2 rings (SSSR count). The van der Waals surface area contributed by atoms with Crippen LogP contribution < -0.4 is 5.73 Å². The maximum absolute atomic E-state index is 11.6. The molecule has 3 heteroatoms. The standard InChI is InChI=1S/C10H18N2O/c1-10(2)5-3-8(10)12-6-4-7(11)9(12)13/h7-8H,3-6,11H2,1-2H3. The zero-order valence-electron chi connectivity index (χ0n) is 8.42. The zero-order chi connectivity index (χ0) is 9.64. The van der Waals surface area contributed by atoms with Gasteiger partial charge in [-0.05, 0) is 24.7 Å². The minimum atomic E-state index is -0.226. The molecule has 13 heavy (non-hydrogen) atoms. The maximum atomic E-state index is 11.6. The van der Waals surface area contributed by atoms with E-state index in [9.17, 15) is 4.79 Å². The Morgan fingerprint density at radius 2 is 2.15 bits per heavy atom. The van der Waals surface area contributed by atoms with Crippen LogP contribution in [0, 0.1) is 5.41 Å². The highest BCUT2D eigenvalue weighted by atomic mass is 16.2. The van der Waals surface area contributed by atoms with Gasteiger partial charge in [0.05, 0.1) is 6.04 Å². The topological polar surface area (TPSA) is 46.3 Å². The van der Waals surface area contributed by atoms with E-state index in [0.717, 1.165) is 19.4 Å². The molecule has 2 aliphatic rings. The molecular formula is C10H18N2O. The van der Waals surface area contributed by atoms with Crippen molar-refractivity contribution in [2.75, 3.05) is 6.54 Å².